The first kappa shape index (κ1) is 17.2. The summed E-state index contributed by atoms with van der Waals surface area (Å²) in [5, 5.41) is 0. The molecule has 0 saturated carbocycles. The maximum absolute atomic E-state index is 12.6. The zero-order chi connectivity index (χ0) is 13.6. The minimum Gasteiger partial charge on any atom is -0.344 e. The molecule has 17 heavy (non-hydrogen) atoms. The molecule has 104 valence electrons. The van der Waals surface area contributed by atoms with E-state index in [9.17, 15) is 9.46 Å². The maximum atomic E-state index is 12.6. The summed E-state index contributed by atoms with van der Waals surface area (Å²) >= 11 is 0. The van der Waals surface area contributed by atoms with Crippen LogP contribution in [0.25, 0.3) is 0 Å². The second-order valence-corrected chi connectivity index (χ2v) is 8.66. The van der Waals surface area contributed by atoms with Crippen molar-refractivity contribution in [3.05, 3.63) is 0 Å². The molecule has 0 aliphatic carbocycles. The molecule has 0 bridgehead atoms. The molecule has 2 nitrogen and oxygen atoms in total. The summed E-state index contributed by atoms with van der Waals surface area (Å²) in [6, 6.07) is 0. The van der Waals surface area contributed by atoms with Crippen LogP contribution >= 0.6 is 7.37 Å². The lowest BCUT2D eigenvalue weighted by atomic mass is 10.0. The van der Waals surface area contributed by atoms with Crippen LogP contribution in [0.3, 0.4) is 0 Å². The molecule has 0 heterocycles. The molecule has 0 aromatic rings. The molecule has 0 aliphatic rings. The molecular weight excluding hydrogens is 231 g/mol. The maximum Gasteiger partial charge on any atom is 0.206 e. The molecule has 4 unspecified atom stereocenters. The number of rotatable bonds is 8. The van der Waals surface area contributed by atoms with E-state index in [4.69, 9.17) is 0 Å². The van der Waals surface area contributed by atoms with Gasteiger partial charge in [0.2, 0.25) is 7.37 Å². The van der Waals surface area contributed by atoms with Crippen molar-refractivity contribution in [3.8, 4) is 0 Å². The second-order valence-electron chi connectivity index (χ2n) is 5.69. The lowest BCUT2D eigenvalue weighted by molar-refractivity contribution is 0.388. The molecule has 3 heteroatoms. The van der Waals surface area contributed by atoms with E-state index in [1.165, 1.54) is 0 Å². The first-order valence-electron chi connectivity index (χ1n) is 7.11. The highest BCUT2D eigenvalue weighted by Gasteiger charge is 2.38. The minimum absolute atomic E-state index is 0.0724. The van der Waals surface area contributed by atoms with E-state index >= 15 is 0 Å². The van der Waals surface area contributed by atoms with Gasteiger partial charge in [-0.05, 0) is 11.8 Å². The van der Waals surface area contributed by atoms with Crippen molar-refractivity contribution in [2.75, 3.05) is 0 Å². The average Bonchev–Trinajstić information content (AvgIpc) is 2.27. The van der Waals surface area contributed by atoms with Gasteiger partial charge in [-0.2, -0.15) is 0 Å². The Labute approximate surface area is 108 Å². The first-order chi connectivity index (χ1) is 7.78. The molecule has 0 radical (unpaired) electrons. The Morgan fingerprint density at radius 3 is 1.41 bits per heavy atom. The van der Waals surface area contributed by atoms with E-state index in [1.54, 1.807) is 0 Å². The van der Waals surface area contributed by atoms with Gasteiger partial charge in [0.25, 0.3) is 0 Å². The van der Waals surface area contributed by atoms with Crippen LogP contribution < -0.4 is 0 Å². The van der Waals surface area contributed by atoms with Gasteiger partial charge in [0.1, 0.15) is 0 Å². The zero-order valence-electron chi connectivity index (χ0n) is 12.4. The normalized spacial score (nSPS) is 22.5. The van der Waals surface area contributed by atoms with Crippen molar-refractivity contribution >= 4 is 7.37 Å². The lowest BCUT2D eigenvalue weighted by Crippen LogP contribution is -2.24. The van der Waals surface area contributed by atoms with Gasteiger partial charge < -0.3 is 4.89 Å². The molecule has 0 saturated heterocycles. The van der Waals surface area contributed by atoms with Crippen LogP contribution in [0.1, 0.15) is 67.2 Å². The predicted molar refractivity (Wildman–Crippen MR) is 76.9 cm³/mol. The van der Waals surface area contributed by atoms with Crippen LogP contribution in [-0.2, 0) is 4.57 Å². The van der Waals surface area contributed by atoms with E-state index in [2.05, 4.69) is 27.7 Å². The van der Waals surface area contributed by atoms with E-state index < -0.39 is 7.37 Å². The molecule has 0 spiro atoms. The Morgan fingerprint density at radius 2 is 1.18 bits per heavy atom. The van der Waals surface area contributed by atoms with Crippen LogP contribution in [-0.4, -0.2) is 16.2 Å². The Bertz CT molecular complexity index is 231. The highest BCUT2D eigenvalue weighted by atomic mass is 31.2. The molecule has 0 aromatic carbocycles. The van der Waals surface area contributed by atoms with Gasteiger partial charge in [-0.15, -0.1) is 0 Å². The molecule has 4 atom stereocenters. The SMILES string of the molecule is CCCC(C)C(C)P(=O)(O)C(C)C(C)CCC. The number of hydrogen-bond acceptors (Lipinski definition) is 1. The summed E-state index contributed by atoms with van der Waals surface area (Å²) in [4.78, 5) is 10.4. The summed E-state index contributed by atoms with van der Waals surface area (Å²) in [6.07, 6.45) is 4.26. The minimum atomic E-state index is -3.05. The molecule has 0 aliphatic heterocycles. The van der Waals surface area contributed by atoms with Crippen molar-refractivity contribution in [2.24, 2.45) is 11.8 Å². The molecule has 0 amide bonds. The summed E-state index contributed by atoms with van der Waals surface area (Å²) in [5.41, 5.74) is -0.145. The highest BCUT2D eigenvalue weighted by molar-refractivity contribution is 7.59. The van der Waals surface area contributed by atoms with E-state index in [0.717, 1.165) is 25.7 Å². The molecule has 0 rings (SSSR count). The van der Waals surface area contributed by atoms with Gasteiger partial charge >= 0.3 is 0 Å². The van der Waals surface area contributed by atoms with Gasteiger partial charge in [0, 0.05) is 11.3 Å². The summed E-state index contributed by atoms with van der Waals surface area (Å²) in [7, 11) is -3.05. The fourth-order valence-corrected chi connectivity index (χ4v) is 4.99. The van der Waals surface area contributed by atoms with Gasteiger partial charge in [-0.3, -0.25) is 4.57 Å². The van der Waals surface area contributed by atoms with E-state index in [1.807, 2.05) is 13.8 Å². The topological polar surface area (TPSA) is 37.3 Å². The standard InChI is InChI=1S/C14H31O2P/c1-7-9-11(3)13(5)17(15,16)14(6)12(4)10-8-2/h11-14H,7-10H2,1-6H3,(H,15,16). The molecule has 0 aromatic heterocycles. The van der Waals surface area contributed by atoms with Gasteiger partial charge in [0.15, 0.2) is 0 Å². The van der Waals surface area contributed by atoms with Gasteiger partial charge in [-0.1, -0.05) is 67.2 Å². The van der Waals surface area contributed by atoms with Crippen molar-refractivity contribution in [1.82, 2.24) is 0 Å². The Morgan fingerprint density at radius 1 is 0.882 bits per heavy atom. The Kier molecular flexibility index (Phi) is 7.67. The second kappa shape index (κ2) is 7.59. The van der Waals surface area contributed by atoms with Gasteiger partial charge in [0.05, 0.1) is 0 Å². The third-order valence-corrected chi connectivity index (χ3v) is 7.65. The summed E-state index contributed by atoms with van der Waals surface area (Å²) in [6.45, 7) is 12.4. The van der Waals surface area contributed by atoms with Crippen LogP contribution in [0.5, 0.6) is 0 Å². The van der Waals surface area contributed by atoms with E-state index in [0.29, 0.717) is 11.8 Å². The monoisotopic (exact) mass is 262 g/mol. The van der Waals surface area contributed by atoms with Crippen LogP contribution in [0.4, 0.5) is 0 Å². The number of hydrogen-bond donors (Lipinski definition) is 1. The summed E-state index contributed by atoms with van der Waals surface area (Å²) in [5.74, 6) is 0.680. The summed E-state index contributed by atoms with van der Waals surface area (Å²) < 4.78 is 12.6. The third-order valence-electron chi connectivity index (χ3n) is 4.30. The van der Waals surface area contributed by atoms with Crippen molar-refractivity contribution < 1.29 is 9.46 Å². The fraction of sp³-hybridized carbons (Fsp3) is 1.00. The Hall–Kier alpha value is 0.190. The van der Waals surface area contributed by atoms with Crippen molar-refractivity contribution in [2.45, 2.75) is 78.5 Å². The van der Waals surface area contributed by atoms with Crippen molar-refractivity contribution in [1.29, 1.82) is 0 Å². The lowest BCUT2D eigenvalue weighted by Gasteiger charge is -2.32. The Balaban J connectivity index is 4.68. The fourth-order valence-electron chi connectivity index (χ4n) is 2.49. The van der Waals surface area contributed by atoms with Crippen molar-refractivity contribution in [3.63, 3.8) is 0 Å². The van der Waals surface area contributed by atoms with E-state index in [-0.39, 0.29) is 11.3 Å². The predicted octanol–water partition coefficient (Wildman–Crippen LogP) is 4.91. The smallest absolute Gasteiger partial charge is 0.206 e. The molecular formula is C14H31O2P. The van der Waals surface area contributed by atoms with Crippen LogP contribution in [0, 0.1) is 11.8 Å². The average molecular weight is 262 g/mol. The van der Waals surface area contributed by atoms with Crippen LogP contribution in [0.2, 0.25) is 0 Å². The largest absolute Gasteiger partial charge is 0.344 e. The molecule has 1 N–H and O–H groups in total. The molecule has 0 fully saturated rings. The third kappa shape index (κ3) is 4.75. The van der Waals surface area contributed by atoms with Crippen LogP contribution in [0.15, 0.2) is 0 Å². The zero-order valence-corrected chi connectivity index (χ0v) is 13.3. The van der Waals surface area contributed by atoms with Gasteiger partial charge in [-0.25, -0.2) is 0 Å². The highest BCUT2D eigenvalue weighted by Crippen LogP contribution is 2.56. The quantitative estimate of drug-likeness (QED) is 0.631. The first-order valence-corrected chi connectivity index (χ1v) is 8.90.